The van der Waals surface area contributed by atoms with E-state index in [0.717, 1.165) is 77.6 Å². The van der Waals surface area contributed by atoms with Gasteiger partial charge in [0.05, 0.1) is 28.5 Å². The average molecular weight is 777 g/mol. The van der Waals surface area contributed by atoms with Gasteiger partial charge in [-0.1, -0.05) is 143 Å². The summed E-state index contributed by atoms with van der Waals surface area (Å²) in [6, 6.07) is 20.8. The van der Waals surface area contributed by atoms with Gasteiger partial charge >= 0.3 is 0 Å². The van der Waals surface area contributed by atoms with Crippen molar-refractivity contribution < 1.29 is 9.90 Å². The Labute approximate surface area is 342 Å². The third-order valence-corrected chi connectivity index (χ3v) is 11.7. The van der Waals surface area contributed by atoms with Crippen molar-refractivity contribution in [3.63, 3.8) is 0 Å². The van der Waals surface area contributed by atoms with Gasteiger partial charge in [0.2, 0.25) is 0 Å². The zero-order chi connectivity index (χ0) is 41.6. The SMILES string of the molecule is Cc1ccc(C2=Nc3c(-c4cc(C(C)(C)C)c(O)c(C(C)(C)C)c4)c4nsnc4c(=C4C=C(C(C)(C)C)C(=O)C(C(C)(C)C)=C4)c3=NC2c2ccc(C)cc2)cc1. The number of Topliss-reactive ketones (excluding diaryl/α,β-unsaturated/α-hetero) is 1. The van der Waals surface area contributed by atoms with E-state index in [1.807, 2.05) is 0 Å². The quantitative estimate of drug-likeness (QED) is 0.198. The predicted octanol–water partition coefficient (Wildman–Crippen LogP) is 11.4. The molecule has 7 heteroatoms. The number of benzene rings is 4. The van der Waals surface area contributed by atoms with Crippen molar-refractivity contribution in [1.29, 1.82) is 0 Å². The van der Waals surface area contributed by atoms with Crippen LogP contribution in [0.15, 0.2) is 93.9 Å². The number of phenolic OH excluding ortho intramolecular Hbond substituents is 1. The number of aliphatic imine (C=N–C) groups is 1. The van der Waals surface area contributed by atoms with Gasteiger partial charge in [-0.25, -0.2) is 4.99 Å². The van der Waals surface area contributed by atoms with Crippen LogP contribution < -0.4 is 10.6 Å². The number of rotatable bonds is 3. The van der Waals surface area contributed by atoms with Crippen molar-refractivity contribution in [2.24, 2.45) is 20.8 Å². The van der Waals surface area contributed by atoms with E-state index >= 15 is 0 Å². The number of aromatic nitrogens is 2. The Morgan fingerprint density at radius 3 is 1.61 bits per heavy atom. The van der Waals surface area contributed by atoms with E-state index in [1.54, 1.807) is 0 Å². The van der Waals surface area contributed by atoms with E-state index in [2.05, 4.69) is 170 Å². The molecule has 0 radical (unpaired) electrons. The third-order valence-electron chi connectivity index (χ3n) is 11.2. The van der Waals surface area contributed by atoms with Crippen molar-refractivity contribution >= 4 is 45.5 Å². The van der Waals surface area contributed by atoms with E-state index < -0.39 is 16.9 Å². The first-order valence-corrected chi connectivity index (χ1v) is 20.7. The normalized spacial score (nSPS) is 16.6. The van der Waals surface area contributed by atoms with Gasteiger partial charge in [-0.05, 0) is 82.1 Å². The molecule has 6 nitrogen and oxygen atoms in total. The van der Waals surface area contributed by atoms with Crippen LogP contribution in [0.2, 0.25) is 0 Å². The van der Waals surface area contributed by atoms with E-state index in [-0.39, 0.29) is 16.6 Å². The van der Waals surface area contributed by atoms with Crippen LogP contribution in [-0.4, -0.2) is 25.3 Å². The molecule has 1 unspecified atom stereocenters. The first-order chi connectivity index (χ1) is 26.4. The van der Waals surface area contributed by atoms with Crippen LogP contribution in [-0.2, 0) is 15.6 Å². The van der Waals surface area contributed by atoms with E-state index in [4.69, 9.17) is 18.7 Å². The molecule has 0 spiro atoms. The van der Waals surface area contributed by atoms with Crippen molar-refractivity contribution in [2.75, 3.05) is 0 Å². The maximum atomic E-state index is 14.2. The molecule has 0 saturated carbocycles. The average Bonchev–Trinajstić information content (AvgIpc) is 3.58. The number of phenols is 1. The van der Waals surface area contributed by atoms with E-state index in [0.29, 0.717) is 16.8 Å². The Bertz CT molecular complexity index is 2610. The molecule has 0 fully saturated rings. The minimum Gasteiger partial charge on any atom is -0.507 e. The standard InChI is InChI=1S/C50H56N4O2S/c1-27-15-19-29(20-16-27)39-40(30-21-17-28(2)18-22-30)52-42-38(32-25-35(49(9,10)11)46(56)36(26-32)50(12,13)14)44-43(53-57-54-44)37(41(42)51-39)31-23-33(47(3,4)5)45(55)34(24-31)48(6,7)8/h15-26,39,56H,1-14H3. The number of aromatic hydroxyl groups is 1. The monoisotopic (exact) mass is 776 g/mol. The third kappa shape index (κ3) is 7.36. The molecule has 294 valence electrons. The number of hydrogen-bond donors (Lipinski definition) is 1. The highest BCUT2D eigenvalue weighted by atomic mass is 32.1. The molecular formula is C50H56N4O2S. The molecule has 5 aromatic rings. The summed E-state index contributed by atoms with van der Waals surface area (Å²) in [4.78, 5) is 25.7. The number of fused-ring (bicyclic) bond motifs is 2. The van der Waals surface area contributed by atoms with Crippen LogP contribution in [0.1, 0.15) is 123 Å². The number of nitrogens with zero attached hydrogens (tertiary/aromatic N) is 4. The molecule has 1 aliphatic heterocycles. The molecule has 0 bridgehead atoms. The Morgan fingerprint density at radius 1 is 0.632 bits per heavy atom. The lowest BCUT2D eigenvalue weighted by Gasteiger charge is -2.31. The van der Waals surface area contributed by atoms with Crippen LogP contribution in [0.25, 0.3) is 27.7 Å². The molecule has 2 aliphatic rings. The van der Waals surface area contributed by atoms with Crippen molar-refractivity contribution in [3.05, 3.63) is 128 Å². The summed E-state index contributed by atoms with van der Waals surface area (Å²) >= 11 is 1.17. The van der Waals surface area contributed by atoms with E-state index in [1.165, 1.54) is 17.3 Å². The van der Waals surface area contributed by atoms with Crippen molar-refractivity contribution in [3.8, 4) is 16.9 Å². The summed E-state index contributed by atoms with van der Waals surface area (Å²) in [7, 11) is 0. The van der Waals surface area contributed by atoms with Crippen molar-refractivity contribution in [1.82, 2.24) is 8.75 Å². The summed E-state index contributed by atoms with van der Waals surface area (Å²) in [6.45, 7) is 29.5. The highest BCUT2D eigenvalue weighted by Gasteiger charge is 2.36. The Balaban J connectivity index is 1.75. The maximum Gasteiger partial charge on any atom is 0.186 e. The molecule has 1 N–H and O–H groups in total. The lowest BCUT2D eigenvalue weighted by Crippen LogP contribution is -2.36. The zero-order valence-electron chi connectivity index (χ0n) is 36.1. The second-order valence-electron chi connectivity index (χ2n) is 20.0. The van der Waals surface area contributed by atoms with Crippen LogP contribution >= 0.6 is 11.7 Å². The molecule has 1 atom stereocenters. The number of allylic oxidation sites excluding steroid dienone is 4. The summed E-state index contributed by atoms with van der Waals surface area (Å²) in [5, 5.41) is 13.4. The highest BCUT2D eigenvalue weighted by Crippen LogP contribution is 2.46. The molecule has 0 saturated heterocycles. The second kappa shape index (κ2) is 13.8. The molecule has 1 aliphatic carbocycles. The summed E-state index contributed by atoms with van der Waals surface area (Å²) in [5.74, 6) is 0.381. The Kier molecular flexibility index (Phi) is 9.75. The number of carbonyl (C=O) groups is 1. The van der Waals surface area contributed by atoms with Crippen LogP contribution in [0, 0.1) is 24.7 Å². The first-order valence-electron chi connectivity index (χ1n) is 19.9. The second-order valence-corrected chi connectivity index (χ2v) is 20.6. The van der Waals surface area contributed by atoms with Gasteiger partial charge in [-0.3, -0.25) is 9.79 Å². The van der Waals surface area contributed by atoms with Gasteiger partial charge in [-0.2, -0.15) is 8.75 Å². The van der Waals surface area contributed by atoms with Gasteiger partial charge in [0.15, 0.2) is 5.78 Å². The molecule has 57 heavy (non-hydrogen) atoms. The lowest BCUT2D eigenvalue weighted by molar-refractivity contribution is -0.114. The fourth-order valence-electron chi connectivity index (χ4n) is 7.87. The molecule has 7 rings (SSSR count). The molecule has 4 aromatic carbocycles. The van der Waals surface area contributed by atoms with Gasteiger partial charge in [-0.15, -0.1) is 0 Å². The first kappa shape index (κ1) is 40.2. The van der Waals surface area contributed by atoms with Crippen LogP contribution in [0.5, 0.6) is 5.75 Å². The molecule has 0 amide bonds. The van der Waals surface area contributed by atoms with Crippen LogP contribution in [0.4, 0.5) is 5.69 Å². The van der Waals surface area contributed by atoms with Crippen LogP contribution in [0.3, 0.4) is 0 Å². The fraction of sp³-hybridized carbons (Fsp3) is 0.380. The predicted molar refractivity (Wildman–Crippen MR) is 237 cm³/mol. The van der Waals surface area contributed by atoms with Gasteiger partial charge in [0, 0.05) is 33.1 Å². The highest BCUT2D eigenvalue weighted by molar-refractivity contribution is 7.00. The van der Waals surface area contributed by atoms with Gasteiger partial charge < -0.3 is 5.11 Å². The summed E-state index contributed by atoms with van der Waals surface area (Å²) in [6.07, 6.45) is 4.11. The zero-order valence-corrected chi connectivity index (χ0v) is 36.9. The Morgan fingerprint density at radius 2 is 1.12 bits per heavy atom. The number of ketones is 1. The minimum absolute atomic E-state index is 0.0690. The van der Waals surface area contributed by atoms with Crippen molar-refractivity contribution in [2.45, 2.75) is 114 Å². The smallest absolute Gasteiger partial charge is 0.186 e. The lowest BCUT2D eigenvalue weighted by atomic mass is 9.71. The molecular weight excluding hydrogens is 721 g/mol. The van der Waals surface area contributed by atoms with Gasteiger partial charge in [0.1, 0.15) is 22.8 Å². The number of aryl methyl sites for hydroxylation is 2. The number of hydrogen-bond acceptors (Lipinski definition) is 7. The summed E-state index contributed by atoms with van der Waals surface area (Å²) in [5.41, 5.74) is 11.6. The minimum atomic E-state index is -0.422. The summed E-state index contributed by atoms with van der Waals surface area (Å²) < 4.78 is 10.1. The number of carbonyl (C=O) groups excluding carboxylic acids is 1. The Hall–Kier alpha value is -5.01. The fourth-order valence-corrected chi connectivity index (χ4v) is 8.43. The molecule has 2 heterocycles. The topological polar surface area (TPSA) is 87.8 Å². The maximum absolute atomic E-state index is 14.2. The molecule has 1 aromatic heterocycles. The van der Waals surface area contributed by atoms with E-state index in [9.17, 15) is 9.90 Å². The van der Waals surface area contributed by atoms with Gasteiger partial charge in [0.25, 0.3) is 0 Å². The largest absolute Gasteiger partial charge is 0.507 e.